The number of rotatable bonds is 4. The molecule has 0 saturated carbocycles. The Kier molecular flexibility index (Phi) is 5.62. The number of aryl methyl sites for hydroxylation is 3. The minimum absolute atomic E-state index is 0.122. The molecule has 0 fully saturated rings. The molecule has 1 aromatic heterocycles. The first-order valence-corrected chi connectivity index (χ1v) is 10.7. The van der Waals surface area contributed by atoms with Gasteiger partial charge in [0.15, 0.2) is 0 Å². The third kappa shape index (κ3) is 3.85. The van der Waals surface area contributed by atoms with Crippen LogP contribution in [0, 0.1) is 20.8 Å². The van der Waals surface area contributed by atoms with E-state index in [1.807, 2.05) is 51.1 Å². The van der Waals surface area contributed by atoms with Crippen molar-refractivity contribution in [3.63, 3.8) is 0 Å². The number of amides is 1. The van der Waals surface area contributed by atoms with Crippen molar-refractivity contribution < 1.29 is 9.53 Å². The zero-order valence-corrected chi connectivity index (χ0v) is 18.6. The van der Waals surface area contributed by atoms with Gasteiger partial charge in [0.05, 0.1) is 18.2 Å². The Labute approximate surface area is 184 Å². The van der Waals surface area contributed by atoms with E-state index in [0.29, 0.717) is 15.9 Å². The summed E-state index contributed by atoms with van der Waals surface area (Å²) in [5.41, 5.74) is 7.20. The second-order valence-corrected chi connectivity index (χ2v) is 8.73. The van der Waals surface area contributed by atoms with Crippen LogP contribution in [0.5, 0.6) is 5.75 Å². The van der Waals surface area contributed by atoms with Gasteiger partial charge < -0.3 is 15.5 Å². The molecule has 0 bridgehead atoms. The summed E-state index contributed by atoms with van der Waals surface area (Å²) >= 11 is 7.73. The number of nitrogens with zero attached hydrogens (tertiary/aromatic N) is 3. The van der Waals surface area contributed by atoms with Crippen LogP contribution in [-0.2, 0) is 4.79 Å². The molecule has 0 saturated heterocycles. The minimum atomic E-state index is -0.480. The van der Waals surface area contributed by atoms with Crippen molar-refractivity contribution in [2.24, 2.45) is 0 Å². The number of aromatic nitrogens is 3. The van der Waals surface area contributed by atoms with Gasteiger partial charge in [0.25, 0.3) is 0 Å². The van der Waals surface area contributed by atoms with Crippen LogP contribution in [0.2, 0.25) is 5.02 Å². The second kappa shape index (κ2) is 8.20. The highest BCUT2D eigenvalue weighted by Crippen LogP contribution is 2.39. The summed E-state index contributed by atoms with van der Waals surface area (Å²) in [4.78, 5) is 13.3. The highest BCUT2D eigenvalue weighted by Gasteiger charge is 2.37. The van der Waals surface area contributed by atoms with Crippen LogP contribution in [0.4, 0.5) is 5.69 Å². The summed E-state index contributed by atoms with van der Waals surface area (Å²) in [7, 11) is 1.57. The Morgan fingerprint density at radius 1 is 1.20 bits per heavy atom. The lowest BCUT2D eigenvalue weighted by molar-refractivity contribution is -0.116. The zero-order valence-electron chi connectivity index (χ0n) is 17.1. The molecule has 2 heterocycles. The fourth-order valence-corrected chi connectivity index (χ4v) is 4.84. The number of halogens is 1. The maximum Gasteiger partial charge on any atom is 0.240 e. The topological polar surface area (TPSA) is 81.1 Å². The Balaban J connectivity index is 1.69. The standard InChI is InChI=1S/C21H22ClN5O2S/c1-11-5-7-16(12(2)9-11)23-20(28)19-18(14-6-8-17(29-4)15(22)10-14)26-27-13(3)24-25-21(27)30-19/h5-10,18-19,26H,1-4H3,(H,23,28)/t18-,19-/m1/s1. The maximum atomic E-state index is 13.3. The second-order valence-electron chi connectivity index (χ2n) is 7.21. The number of hydrogen-bond acceptors (Lipinski definition) is 6. The van der Waals surface area contributed by atoms with Gasteiger partial charge in [-0.15, -0.1) is 10.2 Å². The fraction of sp³-hybridized carbons (Fsp3) is 0.286. The molecule has 1 amide bonds. The van der Waals surface area contributed by atoms with Gasteiger partial charge in [0.2, 0.25) is 11.1 Å². The molecule has 9 heteroatoms. The quantitative estimate of drug-likeness (QED) is 0.627. The normalized spacial score (nSPS) is 17.8. The van der Waals surface area contributed by atoms with Crippen molar-refractivity contribution in [2.45, 2.75) is 37.2 Å². The molecule has 0 radical (unpaired) electrons. The third-order valence-electron chi connectivity index (χ3n) is 5.03. The molecule has 3 aromatic rings. The third-order valence-corrected chi connectivity index (χ3v) is 6.54. The Morgan fingerprint density at radius 3 is 2.70 bits per heavy atom. The van der Waals surface area contributed by atoms with Crippen molar-refractivity contribution in [1.82, 2.24) is 14.9 Å². The molecule has 0 aliphatic carbocycles. The number of ether oxygens (including phenoxy) is 1. The van der Waals surface area contributed by atoms with Crippen molar-refractivity contribution >= 4 is 35.0 Å². The van der Waals surface area contributed by atoms with E-state index in [0.717, 1.165) is 28.2 Å². The van der Waals surface area contributed by atoms with Gasteiger partial charge >= 0.3 is 0 Å². The highest BCUT2D eigenvalue weighted by molar-refractivity contribution is 8.00. The van der Waals surface area contributed by atoms with Gasteiger partial charge in [-0.3, -0.25) is 4.79 Å². The Hall–Kier alpha value is -2.71. The average molecular weight is 444 g/mol. The number of nitrogens with one attached hydrogen (secondary N) is 2. The fourth-order valence-electron chi connectivity index (χ4n) is 3.44. The molecule has 2 N–H and O–H groups in total. The van der Waals surface area contributed by atoms with E-state index >= 15 is 0 Å². The number of methoxy groups -OCH3 is 1. The smallest absolute Gasteiger partial charge is 0.240 e. The number of thioether (sulfide) groups is 1. The largest absolute Gasteiger partial charge is 0.495 e. The molecule has 0 spiro atoms. The van der Waals surface area contributed by atoms with Crippen molar-refractivity contribution in [1.29, 1.82) is 0 Å². The number of hydrogen-bond donors (Lipinski definition) is 2. The molecule has 156 valence electrons. The summed E-state index contributed by atoms with van der Waals surface area (Å²) in [5.74, 6) is 1.18. The van der Waals surface area contributed by atoms with Gasteiger partial charge in [0, 0.05) is 5.69 Å². The summed E-state index contributed by atoms with van der Waals surface area (Å²) in [5, 5.41) is 12.0. The summed E-state index contributed by atoms with van der Waals surface area (Å²) in [6.07, 6.45) is 0. The van der Waals surface area contributed by atoms with Gasteiger partial charge in [-0.05, 0) is 50.1 Å². The van der Waals surface area contributed by atoms with Crippen LogP contribution in [0.1, 0.15) is 28.6 Å². The van der Waals surface area contributed by atoms with Crippen molar-refractivity contribution in [3.05, 3.63) is 63.9 Å². The van der Waals surface area contributed by atoms with Crippen LogP contribution < -0.4 is 15.5 Å². The van der Waals surface area contributed by atoms with Crippen molar-refractivity contribution in [3.8, 4) is 5.75 Å². The lowest BCUT2D eigenvalue weighted by Gasteiger charge is -2.33. The summed E-state index contributed by atoms with van der Waals surface area (Å²) in [6.45, 7) is 5.87. The first kappa shape index (κ1) is 20.6. The maximum absolute atomic E-state index is 13.3. The van der Waals surface area contributed by atoms with E-state index in [1.165, 1.54) is 11.8 Å². The van der Waals surface area contributed by atoms with Crippen LogP contribution in [0.15, 0.2) is 41.6 Å². The van der Waals surface area contributed by atoms with Crippen molar-refractivity contribution in [2.75, 3.05) is 17.9 Å². The molecular formula is C21H22ClN5O2S. The highest BCUT2D eigenvalue weighted by atomic mass is 35.5. The summed E-state index contributed by atoms with van der Waals surface area (Å²) < 4.78 is 7.06. The lowest BCUT2D eigenvalue weighted by atomic mass is 10.0. The SMILES string of the molecule is COc1ccc([C@H]2Nn3c(C)nnc3S[C@H]2C(=O)Nc2ccc(C)cc2C)cc1Cl. The molecule has 1 aliphatic rings. The van der Waals surface area contributed by atoms with Crippen LogP contribution in [-0.4, -0.2) is 33.1 Å². The van der Waals surface area contributed by atoms with Crippen LogP contribution in [0.3, 0.4) is 0 Å². The molecule has 2 atom stereocenters. The molecule has 7 nitrogen and oxygen atoms in total. The first-order chi connectivity index (χ1) is 14.4. The molecule has 30 heavy (non-hydrogen) atoms. The monoisotopic (exact) mass is 443 g/mol. The Morgan fingerprint density at radius 2 is 2.00 bits per heavy atom. The number of anilines is 1. The van der Waals surface area contributed by atoms with Gasteiger partial charge in [-0.1, -0.05) is 47.1 Å². The van der Waals surface area contributed by atoms with Gasteiger partial charge in [-0.25, -0.2) is 4.68 Å². The minimum Gasteiger partial charge on any atom is -0.495 e. The van der Waals surface area contributed by atoms with Crippen LogP contribution in [0.25, 0.3) is 0 Å². The lowest BCUT2D eigenvalue weighted by Crippen LogP contribution is -2.41. The molecular weight excluding hydrogens is 422 g/mol. The summed E-state index contributed by atoms with van der Waals surface area (Å²) in [6, 6.07) is 11.1. The van der Waals surface area contributed by atoms with E-state index in [-0.39, 0.29) is 11.9 Å². The van der Waals surface area contributed by atoms with Gasteiger partial charge in [-0.2, -0.15) is 0 Å². The zero-order chi connectivity index (χ0) is 21.4. The van der Waals surface area contributed by atoms with E-state index in [2.05, 4.69) is 20.9 Å². The van der Waals surface area contributed by atoms with E-state index in [1.54, 1.807) is 17.9 Å². The Bertz CT molecular complexity index is 1120. The van der Waals surface area contributed by atoms with E-state index < -0.39 is 5.25 Å². The van der Waals surface area contributed by atoms with E-state index in [4.69, 9.17) is 16.3 Å². The number of fused-ring (bicyclic) bond motifs is 1. The molecule has 0 unspecified atom stereocenters. The molecule has 1 aliphatic heterocycles. The predicted octanol–water partition coefficient (Wildman–Crippen LogP) is 4.26. The van der Waals surface area contributed by atoms with Gasteiger partial charge in [0.1, 0.15) is 16.8 Å². The predicted molar refractivity (Wildman–Crippen MR) is 119 cm³/mol. The number of carbonyl (C=O) groups is 1. The van der Waals surface area contributed by atoms with E-state index in [9.17, 15) is 4.79 Å². The average Bonchev–Trinajstić information content (AvgIpc) is 3.09. The number of benzene rings is 2. The van der Waals surface area contributed by atoms with Crippen LogP contribution >= 0.6 is 23.4 Å². The molecule has 2 aromatic carbocycles. The first-order valence-electron chi connectivity index (χ1n) is 9.44. The number of carbonyl (C=O) groups excluding carboxylic acids is 1. The molecule has 4 rings (SSSR count).